The van der Waals surface area contributed by atoms with Gasteiger partial charge in [-0.25, -0.2) is 9.18 Å². The van der Waals surface area contributed by atoms with Gasteiger partial charge in [-0.2, -0.15) is 0 Å². The zero-order valence-corrected chi connectivity index (χ0v) is 12.3. The molecular weight excluding hydrogens is 281 g/mol. The molecule has 0 aromatic heterocycles. The summed E-state index contributed by atoms with van der Waals surface area (Å²) in [7, 11) is 0. The Labute approximate surface area is 123 Å². The molecule has 20 heavy (non-hydrogen) atoms. The molecule has 1 aromatic carbocycles. The fourth-order valence-electron chi connectivity index (χ4n) is 2.27. The Bertz CT molecular complexity index is 475. The van der Waals surface area contributed by atoms with E-state index in [-0.39, 0.29) is 11.1 Å². The van der Waals surface area contributed by atoms with Crippen molar-refractivity contribution in [2.45, 2.75) is 13.3 Å². The molecule has 1 heterocycles. The van der Waals surface area contributed by atoms with E-state index in [1.165, 1.54) is 18.2 Å². The van der Waals surface area contributed by atoms with Crippen LogP contribution in [0.15, 0.2) is 18.2 Å². The van der Waals surface area contributed by atoms with E-state index in [4.69, 9.17) is 11.6 Å². The summed E-state index contributed by atoms with van der Waals surface area (Å²) >= 11 is 5.69. The SMILES string of the molecule is CCCN1CCN(C(=O)Nc2ccc(F)c(Cl)c2)CC1. The number of nitrogens with one attached hydrogen (secondary N) is 1. The van der Waals surface area contributed by atoms with Crippen LogP contribution < -0.4 is 5.32 Å². The first kappa shape index (κ1) is 15.1. The average molecular weight is 300 g/mol. The molecule has 0 bridgehead atoms. The van der Waals surface area contributed by atoms with Gasteiger partial charge in [0.15, 0.2) is 0 Å². The number of nitrogens with zero attached hydrogens (tertiary/aromatic N) is 2. The number of carbonyl (C=O) groups is 1. The van der Waals surface area contributed by atoms with E-state index in [0.717, 1.165) is 26.1 Å². The van der Waals surface area contributed by atoms with Crippen molar-refractivity contribution >= 4 is 23.3 Å². The van der Waals surface area contributed by atoms with E-state index < -0.39 is 5.82 Å². The number of rotatable bonds is 3. The standard InChI is InChI=1S/C14H19ClFN3O/c1-2-5-18-6-8-19(9-7-18)14(20)17-11-3-4-13(16)12(15)10-11/h3-4,10H,2,5-9H2,1H3,(H,17,20). The smallest absolute Gasteiger partial charge is 0.321 e. The van der Waals surface area contributed by atoms with E-state index in [1.807, 2.05) is 0 Å². The summed E-state index contributed by atoms with van der Waals surface area (Å²) in [6.45, 7) is 6.43. The molecule has 110 valence electrons. The van der Waals surface area contributed by atoms with Crippen LogP contribution in [0.1, 0.15) is 13.3 Å². The maximum Gasteiger partial charge on any atom is 0.321 e. The molecule has 2 rings (SSSR count). The average Bonchev–Trinajstić information content (AvgIpc) is 2.44. The summed E-state index contributed by atoms with van der Waals surface area (Å²) in [6.07, 6.45) is 1.13. The lowest BCUT2D eigenvalue weighted by Gasteiger charge is -2.34. The Morgan fingerprint density at radius 3 is 2.65 bits per heavy atom. The lowest BCUT2D eigenvalue weighted by Crippen LogP contribution is -2.50. The van der Waals surface area contributed by atoms with E-state index >= 15 is 0 Å². The zero-order chi connectivity index (χ0) is 14.5. The number of hydrogen-bond donors (Lipinski definition) is 1. The molecule has 2 amide bonds. The molecule has 1 aliphatic heterocycles. The van der Waals surface area contributed by atoms with Crippen LogP contribution in [0, 0.1) is 5.82 Å². The fourth-order valence-corrected chi connectivity index (χ4v) is 2.45. The van der Waals surface area contributed by atoms with Crippen LogP contribution in [0.4, 0.5) is 14.9 Å². The van der Waals surface area contributed by atoms with Gasteiger partial charge in [0.05, 0.1) is 5.02 Å². The van der Waals surface area contributed by atoms with Crippen molar-refractivity contribution in [3.63, 3.8) is 0 Å². The highest BCUT2D eigenvalue weighted by Gasteiger charge is 2.20. The summed E-state index contributed by atoms with van der Waals surface area (Å²) in [5.74, 6) is -0.488. The highest BCUT2D eigenvalue weighted by Crippen LogP contribution is 2.19. The number of urea groups is 1. The number of carbonyl (C=O) groups excluding carboxylic acids is 1. The minimum absolute atomic E-state index is 0.00978. The molecule has 1 aromatic rings. The first-order chi connectivity index (χ1) is 9.60. The Hall–Kier alpha value is -1.33. The Kier molecular flexibility index (Phi) is 5.20. The van der Waals surface area contributed by atoms with Crippen molar-refractivity contribution < 1.29 is 9.18 Å². The third-order valence-corrected chi connectivity index (χ3v) is 3.66. The van der Waals surface area contributed by atoms with E-state index in [0.29, 0.717) is 18.8 Å². The van der Waals surface area contributed by atoms with Crippen LogP contribution in [0.25, 0.3) is 0 Å². The summed E-state index contributed by atoms with van der Waals surface area (Å²) in [5.41, 5.74) is 0.511. The minimum atomic E-state index is -0.488. The minimum Gasteiger partial charge on any atom is -0.322 e. The predicted octanol–water partition coefficient (Wildman–Crippen LogP) is 3.04. The Morgan fingerprint density at radius 2 is 2.05 bits per heavy atom. The number of hydrogen-bond acceptors (Lipinski definition) is 2. The van der Waals surface area contributed by atoms with Gasteiger partial charge in [-0.05, 0) is 31.2 Å². The largest absolute Gasteiger partial charge is 0.322 e. The van der Waals surface area contributed by atoms with Crippen molar-refractivity contribution in [1.82, 2.24) is 9.80 Å². The lowest BCUT2D eigenvalue weighted by molar-refractivity contribution is 0.147. The second kappa shape index (κ2) is 6.90. The highest BCUT2D eigenvalue weighted by atomic mass is 35.5. The molecule has 0 aliphatic carbocycles. The third kappa shape index (κ3) is 3.84. The van der Waals surface area contributed by atoms with Crippen molar-refractivity contribution in [3.8, 4) is 0 Å². The lowest BCUT2D eigenvalue weighted by atomic mass is 10.3. The van der Waals surface area contributed by atoms with Crippen molar-refractivity contribution in [2.24, 2.45) is 0 Å². The van der Waals surface area contributed by atoms with Crippen LogP contribution in [0.3, 0.4) is 0 Å². The van der Waals surface area contributed by atoms with E-state index in [2.05, 4.69) is 17.1 Å². The predicted molar refractivity (Wildman–Crippen MR) is 78.7 cm³/mol. The maximum atomic E-state index is 13.0. The second-order valence-electron chi connectivity index (χ2n) is 4.89. The van der Waals surface area contributed by atoms with E-state index in [1.54, 1.807) is 4.90 Å². The zero-order valence-electron chi connectivity index (χ0n) is 11.5. The molecule has 0 atom stereocenters. The molecular formula is C14H19ClFN3O. The van der Waals surface area contributed by atoms with Gasteiger partial charge in [0.2, 0.25) is 0 Å². The molecule has 1 fully saturated rings. The molecule has 1 aliphatic rings. The Balaban J connectivity index is 1.88. The van der Waals surface area contributed by atoms with Crippen molar-refractivity contribution in [1.29, 1.82) is 0 Å². The molecule has 1 N–H and O–H groups in total. The van der Waals surface area contributed by atoms with Gasteiger partial charge in [0, 0.05) is 31.9 Å². The fraction of sp³-hybridized carbons (Fsp3) is 0.500. The van der Waals surface area contributed by atoms with Crippen molar-refractivity contribution in [2.75, 3.05) is 38.0 Å². The molecule has 4 nitrogen and oxygen atoms in total. The highest BCUT2D eigenvalue weighted by molar-refractivity contribution is 6.31. The Morgan fingerprint density at radius 1 is 1.35 bits per heavy atom. The van der Waals surface area contributed by atoms with Crippen LogP contribution in [-0.2, 0) is 0 Å². The van der Waals surface area contributed by atoms with Gasteiger partial charge in [-0.15, -0.1) is 0 Å². The normalized spacial score (nSPS) is 16.2. The van der Waals surface area contributed by atoms with Gasteiger partial charge in [0.25, 0.3) is 0 Å². The third-order valence-electron chi connectivity index (χ3n) is 3.37. The molecule has 6 heteroatoms. The number of benzene rings is 1. The van der Waals surface area contributed by atoms with Gasteiger partial charge in [0.1, 0.15) is 5.82 Å². The number of halogens is 2. The number of anilines is 1. The van der Waals surface area contributed by atoms with Gasteiger partial charge in [-0.3, -0.25) is 4.90 Å². The summed E-state index contributed by atoms with van der Waals surface area (Å²) in [4.78, 5) is 16.2. The molecule has 1 saturated heterocycles. The van der Waals surface area contributed by atoms with Gasteiger partial charge >= 0.3 is 6.03 Å². The van der Waals surface area contributed by atoms with Crippen LogP contribution >= 0.6 is 11.6 Å². The summed E-state index contributed by atoms with van der Waals surface area (Å²) in [5, 5.41) is 2.75. The summed E-state index contributed by atoms with van der Waals surface area (Å²) < 4.78 is 13.0. The van der Waals surface area contributed by atoms with Gasteiger partial charge in [-0.1, -0.05) is 18.5 Å². The first-order valence-electron chi connectivity index (χ1n) is 6.83. The van der Waals surface area contributed by atoms with Crippen LogP contribution in [0.2, 0.25) is 5.02 Å². The maximum absolute atomic E-state index is 13.0. The number of amides is 2. The second-order valence-corrected chi connectivity index (χ2v) is 5.29. The van der Waals surface area contributed by atoms with E-state index in [9.17, 15) is 9.18 Å². The van der Waals surface area contributed by atoms with Gasteiger partial charge < -0.3 is 10.2 Å². The quantitative estimate of drug-likeness (QED) is 0.931. The molecule has 0 saturated carbocycles. The molecule has 0 radical (unpaired) electrons. The van der Waals surface area contributed by atoms with Crippen molar-refractivity contribution in [3.05, 3.63) is 29.0 Å². The topological polar surface area (TPSA) is 35.6 Å². The first-order valence-corrected chi connectivity index (χ1v) is 7.21. The molecule has 0 unspecified atom stereocenters. The number of piperazine rings is 1. The monoisotopic (exact) mass is 299 g/mol. The summed E-state index contributed by atoms with van der Waals surface area (Å²) in [6, 6.07) is 4.01. The molecule has 0 spiro atoms. The van der Waals surface area contributed by atoms with Crippen LogP contribution in [-0.4, -0.2) is 48.6 Å². The van der Waals surface area contributed by atoms with Crippen LogP contribution in [0.5, 0.6) is 0 Å².